The van der Waals surface area contributed by atoms with Crippen LogP contribution in [0.3, 0.4) is 0 Å². The number of aryl methyl sites for hydroxylation is 1. The minimum Gasteiger partial charge on any atom is -0.374 e. The molecule has 0 aromatic heterocycles. The maximum Gasteiger partial charge on any atom is 0.460 e. The molecule has 156 valence electrons. The van der Waals surface area contributed by atoms with E-state index in [4.69, 9.17) is 4.74 Å². The maximum atomic E-state index is 14.0. The van der Waals surface area contributed by atoms with Gasteiger partial charge in [-0.05, 0) is 24.5 Å². The molecular weight excluding hydrogens is 391 g/mol. The van der Waals surface area contributed by atoms with Crippen LogP contribution in [-0.2, 0) is 16.8 Å². The summed E-state index contributed by atoms with van der Waals surface area (Å²) in [4.78, 5) is 0. The summed E-state index contributed by atoms with van der Waals surface area (Å²) in [6, 6.07) is 5.59. The third kappa shape index (κ3) is 4.35. The highest BCUT2D eigenvalue weighted by Gasteiger charge is 2.82. The fourth-order valence-corrected chi connectivity index (χ4v) is 2.55. The predicted octanol–water partition coefficient (Wildman–Crippen LogP) is 6.36. The number of hydrogen-bond acceptors (Lipinski definition) is 1. The lowest BCUT2D eigenvalue weighted by Crippen LogP contribution is -2.62. The Hall–Kier alpha value is -1.45. The molecule has 0 fully saturated rings. The Bertz CT molecular complexity index is 622. The van der Waals surface area contributed by atoms with Crippen molar-refractivity contribution < 1.29 is 44.3 Å². The van der Waals surface area contributed by atoms with E-state index in [2.05, 4.69) is 0 Å². The molecule has 0 N–H and O–H groups in total. The summed E-state index contributed by atoms with van der Waals surface area (Å²) in [5.41, 5.74) is -1.48. The second-order valence-corrected chi connectivity index (χ2v) is 6.41. The molecule has 27 heavy (non-hydrogen) atoms. The van der Waals surface area contributed by atoms with Gasteiger partial charge in [-0.1, -0.05) is 37.6 Å². The molecule has 0 aliphatic carbocycles. The fraction of sp³-hybridized carbons (Fsp3) is 0.647. The highest BCUT2D eigenvalue weighted by atomic mass is 19.4. The number of alkyl halides is 9. The van der Waals surface area contributed by atoms with Gasteiger partial charge in [0.05, 0.1) is 12.0 Å². The van der Waals surface area contributed by atoms with Gasteiger partial charge >= 0.3 is 23.9 Å². The second kappa shape index (κ2) is 7.52. The molecule has 0 saturated heterocycles. The van der Waals surface area contributed by atoms with Gasteiger partial charge in [0.1, 0.15) is 0 Å². The number of benzene rings is 1. The largest absolute Gasteiger partial charge is 0.460 e. The Morgan fingerprint density at radius 2 is 1.30 bits per heavy atom. The van der Waals surface area contributed by atoms with Gasteiger partial charge in [0, 0.05) is 7.11 Å². The highest BCUT2D eigenvalue weighted by Crippen LogP contribution is 2.56. The SMILES string of the molecule is CCCc1ccc(C(C)(CC(F)(F)C(F)(F)C(F)(F)C(F)(F)F)OC)cc1. The van der Waals surface area contributed by atoms with E-state index in [1.54, 1.807) is 0 Å². The molecule has 1 aromatic carbocycles. The van der Waals surface area contributed by atoms with Crippen LogP contribution >= 0.6 is 0 Å². The van der Waals surface area contributed by atoms with Crippen molar-refractivity contribution >= 4 is 0 Å². The zero-order chi connectivity index (χ0) is 21.3. The Labute approximate surface area is 150 Å². The number of methoxy groups -OCH3 is 1. The van der Waals surface area contributed by atoms with Crippen LogP contribution in [0.5, 0.6) is 0 Å². The molecule has 0 bridgehead atoms. The number of ether oxygens (including phenoxy) is 1. The van der Waals surface area contributed by atoms with E-state index in [9.17, 15) is 39.5 Å². The van der Waals surface area contributed by atoms with E-state index in [0.29, 0.717) is 6.42 Å². The molecular formula is C17H19F9O. The average molecular weight is 410 g/mol. The molecule has 10 heteroatoms. The van der Waals surface area contributed by atoms with E-state index in [1.807, 2.05) is 6.92 Å². The average Bonchev–Trinajstić information content (AvgIpc) is 2.53. The Morgan fingerprint density at radius 3 is 1.67 bits per heavy atom. The first-order valence-electron chi connectivity index (χ1n) is 7.90. The topological polar surface area (TPSA) is 9.23 Å². The first-order valence-corrected chi connectivity index (χ1v) is 7.90. The van der Waals surface area contributed by atoms with Crippen LogP contribution < -0.4 is 0 Å². The van der Waals surface area contributed by atoms with Crippen LogP contribution in [0.4, 0.5) is 39.5 Å². The van der Waals surface area contributed by atoms with Gasteiger partial charge < -0.3 is 4.74 Å². The Balaban J connectivity index is 3.26. The van der Waals surface area contributed by atoms with Crippen molar-refractivity contribution in [2.24, 2.45) is 0 Å². The first-order chi connectivity index (χ1) is 12.1. The smallest absolute Gasteiger partial charge is 0.374 e. The minimum atomic E-state index is -6.91. The highest BCUT2D eigenvalue weighted by molar-refractivity contribution is 5.28. The first kappa shape index (κ1) is 23.6. The molecule has 0 amide bonds. The van der Waals surface area contributed by atoms with Gasteiger partial charge in [-0.15, -0.1) is 0 Å². The fourth-order valence-electron chi connectivity index (χ4n) is 2.55. The summed E-state index contributed by atoms with van der Waals surface area (Å²) in [7, 11) is 0.871. The minimum absolute atomic E-state index is 0.0596. The van der Waals surface area contributed by atoms with Crippen molar-refractivity contribution in [2.75, 3.05) is 7.11 Å². The number of halogens is 9. The van der Waals surface area contributed by atoms with Crippen LogP contribution in [0, 0.1) is 0 Å². The lowest BCUT2D eigenvalue weighted by atomic mass is 9.85. The molecule has 1 aromatic rings. The zero-order valence-corrected chi connectivity index (χ0v) is 14.7. The van der Waals surface area contributed by atoms with Crippen molar-refractivity contribution in [3.63, 3.8) is 0 Å². The predicted molar refractivity (Wildman–Crippen MR) is 80.3 cm³/mol. The van der Waals surface area contributed by atoms with E-state index in [0.717, 1.165) is 26.0 Å². The van der Waals surface area contributed by atoms with E-state index >= 15 is 0 Å². The molecule has 0 saturated carbocycles. The van der Waals surface area contributed by atoms with Gasteiger partial charge in [0.2, 0.25) is 0 Å². The second-order valence-electron chi connectivity index (χ2n) is 6.41. The quantitative estimate of drug-likeness (QED) is 0.453. The molecule has 0 aliphatic rings. The van der Waals surface area contributed by atoms with Crippen LogP contribution in [0.25, 0.3) is 0 Å². The zero-order valence-electron chi connectivity index (χ0n) is 14.7. The normalized spacial score (nSPS) is 16.3. The van der Waals surface area contributed by atoms with Crippen molar-refractivity contribution in [2.45, 2.75) is 62.7 Å². The van der Waals surface area contributed by atoms with Crippen molar-refractivity contribution in [3.8, 4) is 0 Å². The Morgan fingerprint density at radius 1 is 0.815 bits per heavy atom. The number of hydrogen-bond donors (Lipinski definition) is 0. The van der Waals surface area contributed by atoms with Crippen LogP contribution in [-0.4, -0.2) is 31.1 Å². The van der Waals surface area contributed by atoms with Crippen molar-refractivity contribution in [3.05, 3.63) is 35.4 Å². The van der Waals surface area contributed by atoms with Gasteiger partial charge in [-0.2, -0.15) is 39.5 Å². The summed E-state index contributed by atoms with van der Waals surface area (Å²) in [6.07, 6.45) is -7.50. The molecule has 0 aliphatic heterocycles. The van der Waals surface area contributed by atoms with Crippen LogP contribution in [0.2, 0.25) is 0 Å². The van der Waals surface area contributed by atoms with E-state index in [-0.39, 0.29) is 5.56 Å². The third-order valence-corrected chi connectivity index (χ3v) is 4.32. The molecule has 1 nitrogen and oxygen atoms in total. The maximum absolute atomic E-state index is 14.0. The van der Waals surface area contributed by atoms with Crippen LogP contribution in [0.1, 0.15) is 37.8 Å². The molecule has 1 rings (SSSR count). The van der Waals surface area contributed by atoms with Gasteiger partial charge in [-0.3, -0.25) is 0 Å². The lowest BCUT2D eigenvalue weighted by molar-refractivity contribution is -0.400. The van der Waals surface area contributed by atoms with Gasteiger partial charge in [0.25, 0.3) is 0 Å². The van der Waals surface area contributed by atoms with Crippen molar-refractivity contribution in [1.82, 2.24) is 0 Å². The van der Waals surface area contributed by atoms with E-state index < -0.39 is 36.0 Å². The van der Waals surface area contributed by atoms with Gasteiger partial charge in [0.15, 0.2) is 0 Å². The summed E-state index contributed by atoms with van der Waals surface area (Å²) in [6.45, 7) is 2.80. The standard InChI is InChI=1S/C17H19F9O/c1-4-5-11-6-8-12(9-7-11)13(2,27-3)10-14(18,19)15(20,21)16(22,23)17(24,25)26/h6-9H,4-5,10H2,1-3H3. The number of rotatable bonds is 8. The third-order valence-electron chi connectivity index (χ3n) is 4.32. The molecule has 0 heterocycles. The monoisotopic (exact) mass is 410 g/mol. The lowest BCUT2D eigenvalue weighted by Gasteiger charge is -2.38. The summed E-state index contributed by atoms with van der Waals surface area (Å²) < 4.78 is 123. The molecule has 0 radical (unpaired) electrons. The van der Waals surface area contributed by atoms with Crippen molar-refractivity contribution in [1.29, 1.82) is 0 Å². The van der Waals surface area contributed by atoms with E-state index in [1.165, 1.54) is 24.3 Å². The summed E-state index contributed by atoms with van der Waals surface area (Å²) >= 11 is 0. The van der Waals surface area contributed by atoms with Gasteiger partial charge in [-0.25, -0.2) is 0 Å². The molecule has 1 unspecified atom stereocenters. The Kier molecular flexibility index (Phi) is 6.57. The molecule has 1 atom stereocenters. The summed E-state index contributed by atoms with van der Waals surface area (Å²) in [5.74, 6) is -19.3. The van der Waals surface area contributed by atoms with Crippen LogP contribution in [0.15, 0.2) is 24.3 Å². The molecule has 0 spiro atoms. The summed E-state index contributed by atoms with van der Waals surface area (Å²) in [5, 5.41) is 0.